The van der Waals surface area contributed by atoms with Crippen molar-refractivity contribution in [2.75, 3.05) is 13.2 Å². The van der Waals surface area contributed by atoms with Gasteiger partial charge in [-0.3, -0.25) is 4.79 Å². The van der Waals surface area contributed by atoms with Crippen molar-refractivity contribution in [3.63, 3.8) is 0 Å². The first-order valence-corrected chi connectivity index (χ1v) is 5.24. The predicted octanol–water partition coefficient (Wildman–Crippen LogP) is 2.51. The molecule has 0 atom stereocenters. The number of rotatable bonds is 4. The molecule has 1 N–H and O–H groups in total. The molecule has 1 aromatic carbocycles. The molecule has 3 nitrogen and oxygen atoms in total. The summed E-state index contributed by atoms with van der Waals surface area (Å²) in [7, 11) is 0. The van der Waals surface area contributed by atoms with Gasteiger partial charge in [0.05, 0.1) is 5.02 Å². The number of carbonyl (C=O) groups excluding carboxylic acids is 1. The molecule has 5 heteroatoms. The van der Waals surface area contributed by atoms with Crippen LogP contribution in [0.2, 0.25) is 10.0 Å². The molecule has 1 rings (SSSR count). The predicted molar refractivity (Wildman–Crippen MR) is 60.6 cm³/mol. The van der Waals surface area contributed by atoms with Crippen molar-refractivity contribution in [1.82, 2.24) is 5.32 Å². The van der Waals surface area contributed by atoms with Crippen molar-refractivity contribution >= 4 is 29.1 Å². The average Bonchev–Trinajstić information content (AvgIpc) is 2.21. The SMILES string of the molecule is CCNC(=O)COc1cccc(Cl)c1Cl. The lowest BCUT2D eigenvalue weighted by atomic mass is 10.3. The Bertz CT molecular complexity index is 355. The van der Waals surface area contributed by atoms with Crippen molar-refractivity contribution in [1.29, 1.82) is 0 Å². The number of carbonyl (C=O) groups is 1. The standard InChI is InChI=1S/C10H11Cl2NO2/c1-2-13-9(14)6-15-8-5-3-4-7(11)10(8)12/h3-5H,2,6H2,1H3,(H,13,14). The van der Waals surface area contributed by atoms with Crippen LogP contribution in [0.15, 0.2) is 18.2 Å². The van der Waals surface area contributed by atoms with E-state index in [2.05, 4.69) is 5.32 Å². The minimum Gasteiger partial charge on any atom is -0.482 e. The molecule has 0 spiro atoms. The van der Waals surface area contributed by atoms with E-state index in [1.54, 1.807) is 18.2 Å². The Labute approximate surface area is 98.3 Å². The van der Waals surface area contributed by atoms with Crippen LogP contribution in [0.5, 0.6) is 5.75 Å². The van der Waals surface area contributed by atoms with E-state index < -0.39 is 0 Å². The van der Waals surface area contributed by atoms with Gasteiger partial charge in [0.25, 0.3) is 5.91 Å². The summed E-state index contributed by atoms with van der Waals surface area (Å²) in [6.07, 6.45) is 0. The van der Waals surface area contributed by atoms with E-state index in [4.69, 9.17) is 27.9 Å². The van der Waals surface area contributed by atoms with Crippen LogP contribution >= 0.6 is 23.2 Å². The molecule has 1 amide bonds. The molecule has 82 valence electrons. The van der Waals surface area contributed by atoms with Crippen LogP contribution in [0.4, 0.5) is 0 Å². The molecule has 15 heavy (non-hydrogen) atoms. The van der Waals surface area contributed by atoms with Gasteiger partial charge in [0.15, 0.2) is 6.61 Å². The van der Waals surface area contributed by atoms with Crippen LogP contribution < -0.4 is 10.1 Å². The molecular weight excluding hydrogens is 237 g/mol. The molecule has 0 aliphatic rings. The summed E-state index contributed by atoms with van der Waals surface area (Å²) in [6.45, 7) is 2.35. The zero-order valence-corrected chi connectivity index (χ0v) is 9.73. The fraction of sp³-hybridized carbons (Fsp3) is 0.300. The number of nitrogens with one attached hydrogen (secondary N) is 1. The van der Waals surface area contributed by atoms with Gasteiger partial charge in [-0.05, 0) is 19.1 Å². The smallest absolute Gasteiger partial charge is 0.257 e. The second-order valence-electron chi connectivity index (χ2n) is 2.79. The van der Waals surface area contributed by atoms with Crippen molar-refractivity contribution in [3.05, 3.63) is 28.2 Å². The summed E-state index contributed by atoms with van der Waals surface area (Å²) in [4.78, 5) is 11.1. The fourth-order valence-corrected chi connectivity index (χ4v) is 1.33. The molecule has 0 bridgehead atoms. The first-order valence-electron chi connectivity index (χ1n) is 4.48. The molecule has 0 aliphatic heterocycles. The van der Waals surface area contributed by atoms with Crippen LogP contribution in [0, 0.1) is 0 Å². The third kappa shape index (κ3) is 3.61. The molecule has 0 saturated carbocycles. The van der Waals surface area contributed by atoms with Crippen molar-refractivity contribution in [3.8, 4) is 5.75 Å². The normalized spacial score (nSPS) is 9.80. The highest BCUT2D eigenvalue weighted by Gasteiger charge is 2.07. The van der Waals surface area contributed by atoms with Crippen molar-refractivity contribution in [2.24, 2.45) is 0 Å². The first kappa shape index (κ1) is 12.1. The van der Waals surface area contributed by atoms with Crippen LogP contribution in [0.25, 0.3) is 0 Å². The maximum absolute atomic E-state index is 11.1. The Kier molecular flexibility index (Phi) is 4.72. The van der Waals surface area contributed by atoms with Gasteiger partial charge >= 0.3 is 0 Å². The lowest BCUT2D eigenvalue weighted by Gasteiger charge is -2.08. The maximum Gasteiger partial charge on any atom is 0.257 e. The Hall–Kier alpha value is -0.930. The Morgan fingerprint density at radius 2 is 2.20 bits per heavy atom. The van der Waals surface area contributed by atoms with E-state index in [1.165, 1.54) is 0 Å². The van der Waals surface area contributed by atoms with E-state index in [1.807, 2.05) is 6.92 Å². The van der Waals surface area contributed by atoms with E-state index in [-0.39, 0.29) is 12.5 Å². The number of amides is 1. The van der Waals surface area contributed by atoms with E-state index in [0.29, 0.717) is 22.3 Å². The van der Waals surface area contributed by atoms with Crippen LogP contribution in [-0.4, -0.2) is 19.1 Å². The minimum atomic E-state index is -0.187. The second-order valence-corrected chi connectivity index (χ2v) is 3.58. The summed E-state index contributed by atoms with van der Waals surface area (Å²) < 4.78 is 5.20. The van der Waals surface area contributed by atoms with E-state index >= 15 is 0 Å². The number of hydrogen-bond acceptors (Lipinski definition) is 2. The lowest BCUT2D eigenvalue weighted by Crippen LogP contribution is -2.28. The van der Waals surface area contributed by atoms with Crippen molar-refractivity contribution < 1.29 is 9.53 Å². The molecular formula is C10H11Cl2NO2. The van der Waals surface area contributed by atoms with Crippen LogP contribution in [0.3, 0.4) is 0 Å². The van der Waals surface area contributed by atoms with Gasteiger partial charge in [0.1, 0.15) is 10.8 Å². The minimum absolute atomic E-state index is 0.0616. The van der Waals surface area contributed by atoms with Gasteiger partial charge in [-0.2, -0.15) is 0 Å². The molecule has 0 aromatic heterocycles. The van der Waals surface area contributed by atoms with E-state index in [9.17, 15) is 4.79 Å². The summed E-state index contributed by atoms with van der Waals surface area (Å²) in [5, 5.41) is 3.34. The molecule has 0 aliphatic carbocycles. The summed E-state index contributed by atoms with van der Waals surface area (Å²) >= 11 is 11.6. The Morgan fingerprint density at radius 1 is 1.47 bits per heavy atom. The van der Waals surface area contributed by atoms with Gasteiger partial charge in [-0.1, -0.05) is 29.3 Å². The van der Waals surface area contributed by atoms with Gasteiger partial charge in [0, 0.05) is 6.54 Å². The highest BCUT2D eigenvalue weighted by molar-refractivity contribution is 6.42. The number of likely N-dealkylation sites (N-methyl/N-ethyl adjacent to an activating group) is 1. The number of halogens is 2. The summed E-state index contributed by atoms with van der Waals surface area (Å²) in [6, 6.07) is 5.03. The zero-order chi connectivity index (χ0) is 11.3. The van der Waals surface area contributed by atoms with Crippen LogP contribution in [0.1, 0.15) is 6.92 Å². The Morgan fingerprint density at radius 3 is 2.87 bits per heavy atom. The van der Waals surface area contributed by atoms with Crippen molar-refractivity contribution in [2.45, 2.75) is 6.92 Å². The third-order valence-corrected chi connectivity index (χ3v) is 2.45. The zero-order valence-electron chi connectivity index (χ0n) is 8.22. The summed E-state index contributed by atoms with van der Waals surface area (Å²) in [5.41, 5.74) is 0. The van der Waals surface area contributed by atoms with Gasteiger partial charge < -0.3 is 10.1 Å². The topological polar surface area (TPSA) is 38.3 Å². The molecule has 0 saturated heterocycles. The summed E-state index contributed by atoms with van der Waals surface area (Å²) in [5.74, 6) is 0.226. The number of ether oxygens (including phenoxy) is 1. The molecule has 0 fully saturated rings. The van der Waals surface area contributed by atoms with Gasteiger partial charge in [-0.15, -0.1) is 0 Å². The van der Waals surface area contributed by atoms with Crippen LogP contribution in [-0.2, 0) is 4.79 Å². The lowest BCUT2D eigenvalue weighted by molar-refractivity contribution is -0.122. The maximum atomic E-state index is 11.1. The second kappa shape index (κ2) is 5.83. The largest absolute Gasteiger partial charge is 0.482 e. The molecule has 1 aromatic rings. The highest BCUT2D eigenvalue weighted by Crippen LogP contribution is 2.31. The Balaban J connectivity index is 2.58. The van der Waals surface area contributed by atoms with Gasteiger partial charge in [0.2, 0.25) is 0 Å². The molecule has 0 heterocycles. The molecule has 0 unspecified atom stereocenters. The number of benzene rings is 1. The molecule has 0 radical (unpaired) electrons. The highest BCUT2D eigenvalue weighted by atomic mass is 35.5. The first-order chi connectivity index (χ1) is 7.15. The monoisotopic (exact) mass is 247 g/mol. The number of hydrogen-bond donors (Lipinski definition) is 1. The van der Waals surface area contributed by atoms with Gasteiger partial charge in [-0.25, -0.2) is 0 Å². The quantitative estimate of drug-likeness (QED) is 0.888. The third-order valence-electron chi connectivity index (χ3n) is 1.65. The van der Waals surface area contributed by atoms with E-state index in [0.717, 1.165) is 0 Å². The average molecular weight is 248 g/mol. The fourth-order valence-electron chi connectivity index (χ4n) is 0.987.